The van der Waals surface area contributed by atoms with Gasteiger partial charge < -0.3 is 9.73 Å². The number of hydrogen-bond acceptors (Lipinski definition) is 4. The minimum absolute atomic E-state index is 0.0980. The van der Waals surface area contributed by atoms with Crippen LogP contribution in [-0.2, 0) is 16.3 Å². The molecule has 0 saturated heterocycles. The van der Waals surface area contributed by atoms with Gasteiger partial charge in [-0.2, -0.15) is 0 Å². The summed E-state index contributed by atoms with van der Waals surface area (Å²) in [5.41, 5.74) is 1.23. The quantitative estimate of drug-likeness (QED) is 0.924. The lowest BCUT2D eigenvalue weighted by Crippen LogP contribution is -2.42. The van der Waals surface area contributed by atoms with Crippen molar-refractivity contribution in [3.05, 3.63) is 23.7 Å². The molecule has 1 aromatic heterocycles. The molecule has 3 unspecified atom stereocenters. The fraction of sp³-hybridized carbons (Fsp3) is 0.714. The molecule has 1 aromatic rings. The second-order valence-electron chi connectivity index (χ2n) is 5.82. The van der Waals surface area contributed by atoms with Crippen LogP contribution in [0.4, 0.5) is 0 Å². The molecule has 0 radical (unpaired) electrons. The first kappa shape index (κ1) is 13.2. The lowest BCUT2D eigenvalue weighted by atomic mass is 9.92. The Morgan fingerprint density at radius 2 is 2.11 bits per heavy atom. The molecule has 0 amide bonds. The molecule has 2 aliphatic rings. The smallest absolute Gasteiger partial charge is 0.151 e. The molecule has 1 heterocycles. The number of fused-ring (bicyclic) bond motifs is 1. The molecule has 1 fully saturated rings. The Kier molecular flexibility index (Phi) is 3.43. The van der Waals surface area contributed by atoms with Crippen LogP contribution in [0.3, 0.4) is 0 Å². The van der Waals surface area contributed by atoms with E-state index in [1.54, 1.807) is 6.26 Å². The predicted octanol–water partition coefficient (Wildman–Crippen LogP) is 2.21. The van der Waals surface area contributed by atoms with Gasteiger partial charge in [-0.15, -0.1) is 0 Å². The second kappa shape index (κ2) is 4.94. The summed E-state index contributed by atoms with van der Waals surface area (Å²) in [5.74, 6) is 1.07. The van der Waals surface area contributed by atoms with E-state index in [1.165, 1.54) is 11.8 Å². The molecular weight excluding hydrogens is 262 g/mol. The average Bonchev–Trinajstić information content (AvgIpc) is 2.95. The van der Waals surface area contributed by atoms with E-state index < -0.39 is 9.84 Å². The van der Waals surface area contributed by atoms with E-state index in [4.69, 9.17) is 4.42 Å². The second-order valence-corrected chi connectivity index (χ2v) is 8.08. The van der Waals surface area contributed by atoms with E-state index in [9.17, 15) is 8.42 Å². The maximum absolute atomic E-state index is 11.8. The summed E-state index contributed by atoms with van der Waals surface area (Å²) in [5, 5.41) is 3.36. The number of hydrogen-bond donors (Lipinski definition) is 1. The Balaban J connectivity index is 1.76. The van der Waals surface area contributed by atoms with E-state index in [0.29, 0.717) is 0 Å². The van der Waals surface area contributed by atoms with Crippen LogP contribution in [-0.4, -0.2) is 26.0 Å². The third-order valence-corrected chi connectivity index (χ3v) is 6.13. The first-order valence-corrected chi connectivity index (χ1v) is 9.02. The summed E-state index contributed by atoms with van der Waals surface area (Å²) < 4.78 is 29.1. The monoisotopic (exact) mass is 283 g/mol. The van der Waals surface area contributed by atoms with Gasteiger partial charge in [-0.05, 0) is 31.7 Å². The Hall–Kier alpha value is -0.810. The lowest BCUT2D eigenvalue weighted by Gasteiger charge is -2.28. The summed E-state index contributed by atoms with van der Waals surface area (Å²) in [7, 11) is -2.95. The molecule has 0 aliphatic heterocycles. The molecule has 0 aromatic carbocycles. The summed E-state index contributed by atoms with van der Waals surface area (Å²) in [6, 6.07) is 2.38. The van der Waals surface area contributed by atoms with Gasteiger partial charge >= 0.3 is 0 Å². The van der Waals surface area contributed by atoms with Crippen molar-refractivity contribution in [2.24, 2.45) is 0 Å². The zero-order chi connectivity index (χ0) is 13.5. The first-order valence-electron chi connectivity index (χ1n) is 7.07. The molecule has 1 N–H and O–H groups in total. The van der Waals surface area contributed by atoms with Crippen LogP contribution in [0.5, 0.6) is 0 Å². The van der Waals surface area contributed by atoms with Crippen LogP contribution < -0.4 is 5.32 Å². The van der Waals surface area contributed by atoms with Crippen LogP contribution in [0.1, 0.15) is 49.5 Å². The van der Waals surface area contributed by atoms with E-state index >= 15 is 0 Å². The largest absolute Gasteiger partial charge is 0.469 e. The van der Waals surface area contributed by atoms with E-state index in [1.807, 2.05) is 6.07 Å². The third kappa shape index (κ3) is 2.58. The molecule has 2 aliphatic carbocycles. The highest BCUT2D eigenvalue weighted by molar-refractivity contribution is 7.91. The van der Waals surface area contributed by atoms with Crippen LogP contribution in [0.25, 0.3) is 0 Å². The summed E-state index contributed by atoms with van der Waals surface area (Å²) >= 11 is 0. The van der Waals surface area contributed by atoms with Gasteiger partial charge in [0.2, 0.25) is 0 Å². The summed E-state index contributed by atoms with van der Waals surface area (Å²) in [4.78, 5) is 0. The Labute approximate surface area is 114 Å². The van der Waals surface area contributed by atoms with Crippen LogP contribution in [0, 0.1) is 0 Å². The van der Waals surface area contributed by atoms with Crippen molar-refractivity contribution in [2.75, 3.05) is 6.26 Å². The highest BCUT2D eigenvalue weighted by atomic mass is 32.2. The van der Waals surface area contributed by atoms with Crippen molar-refractivity contribution >= 4 is 9.84 Å². The van der Waals surface area contributed by atoms with Crippen LogP contribution in [0.2, 0.25) is 0 Å². The molecule has 0 spiro atoms. The first-order chi connectivity index (χ1) is 9.05. The van der Waals surface area contributed by atoms with Gasteiger partial charge in [0.25, 0.3) is 0 Å². The Morgan fingerprint density at radius 1 is 1.26 bits per heavy atom. The van der Waals surface area contributed by atoms with Gasteiger partial charge in [-0.25, -0.2) is 8.42 Å². The highest BCUT2D eigenvalue weighted by Crippen LogP contribution is 2.33. The maximum Gasteiger partial charge on any atom is 0.151 e. The van der Waals surface area contributed by atoms with E-state index in [-0.39, 0.29) is 17.3 Å². The van der Waals surface area contributed by atoms with Gasteiger partial charge in [0.15, 0.2) is 9.84 Å². The normalized spacial score (nSPS) is 31.3. The molecular formula is C14H21NO3S. The standard InChI is InChI=1S/C14H21NO3S/c1-19(16,17)14-7-3-5-12(14)15-11-4-2-6-13-10(11)8-9-18-13/h8-9,11-12,14-15H,2-7H2,1H3. The Bertz CT molecular complexity index is 549. The minimum atomic E-state index is -2.95. The number of rotatable bonds is 3. The van der Waals surface area contributed by atoms with Crippen molar-refractivity contribution in [2.45, 2.75) is 55.9 Å². The fourth-order valence-electron chi connectivity index (χ4n) is 3.55. The van der Waals surface area contributed by atoms with Crippen molar-refractivity contribution in [3.63, 3.8) is 0 Å². The van der Waals surface area contributed by atoms with Crippen molar-refractivity contribution < 1.29 is 12.8 Å². The molecule has 0 bridgehead atoms. The number of nitrogens with one attached hydrogen (secondary N) is 1. The number of furan rings is 1. The third-order valence-electron chi connectivity index (χ3n) is 4.47. The minimum Gasteiger partial charge on any atom is -0.469 e. The van der Waals surface area contributed by atoms with Gasteiger partial charge in [0, 0.05) is 30.3 Å². The summed E-state index contributed by atoms with van der Waals surface area (Å²) in [6.45, 7) is 0. The number of aryl methyl sites for hydroxylation is 1. The van der Waals surface area contributed by atoms with Crippen molar-refractivity contribution in [1.29, 1.82) is 0 Å². The zero-order valence-electron chi connectivity index (χ0n) is 11.3. The molecule has 4 nitrogen and oxygen atoms in total. The lowest BCUT2D eigenvalue weighted by molar-refractivity contribution is 0.373. The molecule has 19 heavy (non-hydrogen) atoms. The molecule has 3 atom stereocenters. The highest BCUT2D eigenvalue weighted by Gasteiger charge is 2.36. The molecule has 1 saturated carbocycles. The molecule has 3 rings (SSSR count). The van der Waals surface area contributed by atoms with Gasteiger partial charge in [-0.3, -0.25) is 0 Å². The van der Waals surface area contributed by atoms with E-state index in [2.05, 4.69) is 5.32 Å². The number of sulfone groups is 1. The van der Waals surface area contributed by atoms with Crippen molar-refractivity contribution in [1.82, 2.24) is 5.32 Å². The molecule has 5 heteroatoms. The van der Waals surface area contributed by atoms with Crippen molar-refractivity contribution in [3.8, 4) is 0 Å². The van der Waals surface area contributed by atoms with Crippen LogP contribution >= 0.6 is 0 Å². The van der Waals surface area contributed by atoms with Gasteiger partial charge in [0.1, 0.15) is 5.76 Å². The van der Waals surface area contributed by atoms with E-state index in [0.717, 1.165) is 44.3 Å². The SMILES string of the molecule is CS(=O)(=O)C1CCCC1NC1CCCc2occc21. The maximum atomic E-state index is 11.8. The van der Waals surface area contributed by atoms with Gasteiger partial charge in [-0.1, -0.05) is 6.42 Å². The predicted molar refractivity (Wildman–Crippen MR) is 73.8 cm³/mol. The zero-order valence-corrected chi connectivity index (χ0v) is 12.1. The Morgan fingerprint density at radius 3 is 2.89 bits per heavy atom. The average molecular weight is 283 g/mol. The fourth-order valence-corrected chi connectivity index (χ4v) is 4.95. The molecule has 106 valence electrons. The van der Waals surface area contributed by atoms with Crippen LogP contribution in [0.15, 0.2) is 16.7 Å². The topological polar surface area (TPSA) is 59.3 Å². The van der Waals surface area contributed by atoms with Gasteiger partial charge in [0.05, 0.1) is 11.5 Å². The summed E-state index contributed by atoms with van der Waals surface area (Å²) in [6.07, 6.45) is 9.03.